The Morgan fingerprint density at radius 1 is 1.07 bits per heavy atom. The average molecular weight is 408 g/mol. The lowest BCUT2D eigenvalue weighted by Crippen LogP contribution is -2.17. The second kappa shape index (κ2) is 9.79. The highest BCUT2D eigenvalue weighted by Gasteiger charge is 2.12. The van der Waals surface area contributed by atoms with E-state index in [1.54, 1.807) is 11.3 Å². The predicted molar refractivity (Wildman–Crippen MR) is 124 cm³/mol. The molecular weight excluding hydrogens is 378 g/mol. The van der Waals surface area contributed by atoms with Gasteiger partial charge in [0.15, 0.2) is 5.13 Å². The summed E-state index contributed by atoms with van der Waals surface area (Å²) >= 11 is 1.63. The van der Waals surface area contributed by atoms with Gasteiger partial charge in [0.2, 0.25) is 0 Å². The van der Waals surface area contributed by atoms with Gasteiger partial charge in [0, 0.05) is 23.2 Å². The predicted octanol–water partition coefficient (Wildman–Crippen LogP) is 6.87. The van der Waals surface area contributed by atoms with Crippen LogP contribution < -0.4 is 15.4 Å². The van der Waals surface area contributed by atoms with Gasteiger partial charge in [0.1, 0.15) is 12.4 Å². The monoisotopic (exact) mass is 407 g/mol. The lowest BCUT2D eigenvalue weighted by Gasteiger charge is -2.19. The van der Waals surface area contributed by atoms with Crippen molar-refractivity contribution >= 4 is 27.8 Å². The van der Waals surface area contributed by atoms with E-state index < -0.39 is 0 Å². The van der Waals surface area contributed by atoms with Crippen molar-refractivity contribution in [1.82, 2.24) is 4.98 Å². The smallest absolute Gasteiger partial charge is 0.187 e. The average Bonchev–Trinajstić information content (AvgIpc) is 3.23. The third kappa shape index (κ3) is 5.30. The number of ether oxygens (including phenoxy) is 1. The molecule has 3 aromatic rings. The van der Waals surface area contributed by atoms with Gasteiger partial charge in [0.05, 0.1) is 11.4 Å². The van der Waals surface area contributed by atoms with E-state index in [9.17, 15) is 0 Å². The van der Waals surface area contributed by atoms with Crippen LogP contribution in [0, 0.1) is 0 Å². The minimum atomic E-state index is 0.717. The zero-order chi connectivity index (χ0) is 19.9. The van der Waals surface area contributed by atoms with Crippen LogP contribution in [-0.4, -0.2) is 18.1 Å². The van der Waals surface area contributed by atoms with E-state index in [1.807, 2.05) is 6.07 Å². The van der Waals surface area contributed by atoms with Crippen molar-refractivity contribution in [2.45, 2.75) is 45.4 Å². The van der Waals surface area contributed by atoms with Crippen LogP contribution in [0.1, 0.15) is 44.6 Å². The van der Waals surface area contributed by atoms with Crippen LogP contribution in [0.5, 0.6) is 5.75 Å². The number of nitrogens with zero attached hydrogens (tertiary/aromatic N) is 1. The SMILES string of the molecule is CCCCCCCc1ccc(Nc2nc(-c3ccc4c(c3)NCCO4)cs2)cc1. The molecule has 0 amide bonds. The number of aryl methyl sites for hydroxylation is 1. The van der Waals surface area contributed by atoms with Crippen LogP contribution in [0.25, 0.3) is 11.3 Å². The van der Waals surface area contributed by atoms with Crippen molar-refractivity contribution in [1.29, 1.82) is 0 Å². The highest BCUT2D eigenvalue weighted by molar-refractivity contribution is 7.14. The van der Waals surface area contributed by atoms with Crippen LogP contribution in [-0.2, 0) is 6.42 Å². The zero-order valence-electron chi connectivity index (χ0n) is 17.0. The van der Waals surface area contributed by atoms with Gasteiger partial charge in [0.25, 0.3) is 0 Å². The van der Waals surface area contributed by atoms with Gasteiger partial charge in [-0.1, -0.05) is 44.7 Å². The molecule has 29 heavy (non-hydrogen) atoms. The lowest BCUT2D eigenvalue weighted by molar-refractivity contribution is 0.323. The molecule has 2 heterocycles. The Bertz CT molecular complexity index is 920. The lowest BCUT2D eigenvalue weighted by atomic mass is 10.1. The van der Waals surface area contributed by atoms with Crippen LogP contribution in [0.4, 0.5) is 16.5 Å². The number of thiazole rings is 1. The van der Waals surface area contributed by atoms with Crippen molar-refractivity contribution in [2.24, 2.45) is 0 Å². The third-order valence-electron chi connectivity index (χ3n) is 5.23. The number of anilines is 3. The fourth-order valence-corrected chi connectivity index (χ4v) is 4.31. The summed E-state index contributed by atoms with van der Waals surface area (Å²) in [5.41, 5.74) is 5.62. The molecular formula is C24H29N3OS. The van der Waals surface area contributed by atoms with Gasteiger partial charge >= 0.3 is 0 Å². The number of aromatic nitrogens is 1. The van der Waals surface area contributed by atoms with Gasteiger partial charge < -0.3 is 15.4 Å². The summed E-state index contributed by atoms with van der Waals surface area (Å²) in [6.07, 6.45) is 7.80. The first kappa shape index (κ1) is 19.8. The second-order valence-corrected chi connectivity index (χ2v) is 8.37. The van der Waals surface area contributed by atoms with Crippen LogP contribution in [0.15, 0.2) is 47.8 Å². The molecule has 0 bridgehead atoms. The summed E-state index contributed by atoms with van der Waals surface area (Å²) in [7, 11) is 0. The molecule has 152 valence electrons. The number of hydrogen-bond donors (Lipinski definition) is 2. The van der Waals surface area contributed by atoms with Gasteiger partial charge in [-0.25, -0.2) is 4.98 Å². The van der Waals surface area contributed by atoms with Crippen molar-refractivity contribution in [2.75, 3.05) is 23.8 Å². The molecule has 1 aliphatic heterocycles. The van der Waals surface area contributed by atoms with Gasteiger partial charge in [-0.15, -0.1) is 11.3 Å². The number of nitrogens with one attached hydrogen (secondary N) is 2. The molecule has 4 rings (SSSR count). The molecule has 0 atom stereocenters. The van der Waals surface area contributed by atoms with E-state index >= 15 is 0 Å². The van der Waals surface area contributed by atoms with Crippen molar-refractivity contribution in [3.05, 3.63) is 53.4 Å². The molecule has 2 aromatic carbocycles. The summed E-state index contributed by atoms with van der Waals surface area (Å²) in [5, 5.41) is 9.83. The van der Waals surface area contributed by atoms with Crippen LogP contribution >= 0.6 is 11.3 Å². The van der Waals surface area contributed by atoms with E-state index in [0.717, 1.165) is 46.7 Å². The first-order chi connectivity index (χ1) is 14.3. The number of unbranched alkanes of at least 4 members (excludes halogenated alkanes) is 4. The fourth-order valence-electron chi connectivity index (χ4n) is 3.57. The summed E-state index contributed by atoms with van der Waals surface area (Å²) in [5.74, 6) is 0.916. The zero-order valence-corrected chi connectivity index (χ0v) is 17.9. The van der Waals surface area contributed by atoms with E-state index in [2.05, 4.69) is 59.3 Å². The molecule has 1 aromatic heterocycles. The Labute approximate surface area is 177 Å². The van der Waals surface area contributed by atoms with Crippen molar-refractivity contribution < 1.29 is 4.74 Å². The molecule has 4 nitrogen and oxygen atoms in total. The Hall–Kier alpha value is -2.53. The molecule has 0 fully saturated rings. The van der Waals surface area contributed by atoms with E-state index in [1.165, 1.54) is 44.1 Å². The minimum absolute atomic E-state index is 0.717. The summed E-state index contributed by atoms with van der Waals surface area (Å²) in [4.78, 5) is 4.76. The first-order valence-corrected chi connectivity index (χ1v) is 11.5. The number of fused-ring (bicyclic) bond motifs is 1. The molecule has 2 N–H and O–H groups in total. The summed E-state index contributed by atoms with van der Waals surface area (Å²) < 4.78 is 5.66. The largest absolute Gasteiger partial charge is 0.490 e. The van der Waals surface area contributed by atoms with Crippen LogP contribution in [0.3, 0.4) is 0 Å². The maximum absolute atomic E-state index is 5.66. The molecule has 0 spiro atoms. The molecule has 0 radical (unpaired) electrons. The van der Waals surface area contributed by atoms with Gasteiger partial charge in [-0.05, 0) is 48.7 Å². The standard InChI is InChI=1S/C24H29N3OS/c1-2-3-4-5-6-7-18-8-11-20(12-9-18)26-24-27-22(17-29-24)19-10-13-23-21(16-19)25-14-15-28-23/h8-13,16-17,25H,2-7,14-15H2,1H3,(H,26,27). The van der Waals surface area contributed by atoms with Crippen molar-refractivity contribution in [3.8, 4) is 17.0 Å². The van der Waals surface area contributed by atoms with Gasteiger partial charge in [-0.3, -0.25) is 0 Å². The van der Waals surface area contributed by atoms with Gasteiger partial charge in [-0.2, -0.15) is 0 Å². The summed E-state index contributed by atoms with van der Waals surface area (Å²) in [6, 6.07) is 15.0. The molecule has 0 saturated carbocycles. The molecule has 0 unspecified atom stereocenters. The molecule has 1 aliphatic rings. The topological polar surface area (TPSA) is 46.2 Å². The fraction of sp³-hybridized carbons (Fsp3) is 0.375. The second-order valence-electron chi connectivity index (χ2n) is 7.51. The molecule has 5 heteroatoms. The normalized spacial score (nSPS) is 12.7. The third-order valence-corrected chi connectivity index (χ3v) is 5.99. The van der Waals surface area contributed by atoms with E-state index in [0.29, 0.717) is 0 Å². The highest BCUT2D eigenvalue weighted by Crippen LogP contribution is 2.34. The van der Waals surface area contributed by atoms with E-state index in [4.69, 9.17) is 9.72 Å². The van der Waals surface area contributed by atoms with E-state index in [-0.39, 0.29) is 0 Å². The Morgan fingerprint density at radius 2 is 1.93 bits per heavy atom. The molecule has 0 saturated heterocycles. The Balaban J connectivity index is 1.34. The maximum atomic E-state index is 5.66. The van der Waals surface area contributed by atoms with Crippen molar-refractivity contribution in [3.63, 3.8) is 0 Å². The quantitative estimate of drug-likeness (QED) is 0.380. The Morgan fingerprint density at radius 3 is 2.79 bits per heavy atom. The van der Waals surface area contributed by atoms with Crippen LogP contribution in [0.2, 0.25) is 0 Å². The maximum Gasteiger partial charge on any atom is 0.187 e. The number of hydrogen-bond acceptors (Lipinski definition) is 5. The summed E-state index contributed by atoms with van der Waals surface area (Å²) in [6.45, 7) is 3.82. The first-order valence-electron chi connectivity index (χ1n) is 10.6. The number of benzene rings is 2. The minimum Gasteiger partial charge on any atom is -0.490 e. The molecule has 0 aliphatic carbocycles. The Kier molecular flexibility index (Phi) is 6.67. The highest BCUT2D eigenvalue weighted by atomic mass is 32.1. The number of rotatable bonds is 9.